The fourth-order valence-corrected chi connectivity index (χ4v) is 2.34. The molecule has 0 saturated carbocycles. The van der Waals surface area contributed by atoms with Crippen LogP contribution in [-0.4, -0.2) is 21.0 Å². The molecule has 0 atom stereocenters. The number of hydrogen-bond donors (Lipinski definition) is 2. The van der Waals surface area contributed by atoms with E-state index < -0.39 is 5.97 Å². The zero-order valence-electron chi connectivity index (χ0n) is 11.7. The van der Waals surface area contributed by atoms with Crippen molar-refractivity contribution in [1.82, 2.24) is 9.97 Å². The third kappa shape index (κ3) is 3.34. The van der Waals surface area contributed by atoms with E-state index in [9.17, 15) is 4.79 Å². The highest BCUT2D eigenvalue weighted by molar-refractivity contribution is 5.76. The van der Waals surface area contributed by atoms with Gasteiger partial charge in [-0.2, -0.15) is 0 Å². The van der Waals surface area contributed by atoms with Crippen LogP contribution < -0.4 is 0 Å². The van der Waals surface area contributed by atoms with E-state index in [1.165, 1.54) is 5.56 Å². The van der Waals surface area contributed by atoms with Gasteiger partial charge in [-0.3, -0.25) is 4.79 Å². The van der Waals surface area contributed by atoms with E-state index in [1.807, 2.05) is 19.9 Å². The smallest absolute Gasteiger partial charge is 0.303 e. The number of nitrogens with zero attached hydrogens (tertiary/aromatic N) is 1. The molecule has 0 saturated heterocycles. The van der Waals surface area contributed by atoms with Crippen LogP contribution in [0.4, 0.5) is 0 Å². The molecule has 4 nitrogen and oxygen atoms in total. The Morgan fingerprint density at radius 2 is 2.16 bits per heavy atom. The van der Waals surface area contributed by atoms with E-state index in [-0.39, 0.29) is 11.8 Å². The van der Waals surface area contributed by atoms with Crippen molar-refractivity contribution < 1.29 is 9.90 Å². The average molecular weight is 260 g/mol. The lowest BCUT2D eigenvalue weighted by Gasteiger charge is -2.20. The Balaban J connectivity index is 2.24. The van der Waals surface area contributed by atoms with Crippen molar-refractivity contribution in [3.8, 4) is 0 Å². The van der Waals surface area contributed by atoms with Crippen LogP contribution in [0.15, 0.2) is 18.2 Å². The summed E-state index contributed by atoms with van der Waals surface area (Å²) < 4.78 is 0. The summed E-state index contributed by atoms with van der Waals surface area (Å²) in [6.07, 6.45) is 1.77. The zero-order valence-corrected chi connectivity index (χ0v) is 11.7. The molecule has 4 heteroatoms. The van der Waals surface area contributed by atoms with Crippen molar-refractivity contribution in [2.75, 3.05) is 0 Å². The van der Waals surface area contributed by atoms with Gasteiger partial charge in [0.25, 0.3) is 0 Å². The normalized spacial score (nSPS) is 11.9. The van der Waals surface area contributed by atoms with Crippen LogP contribution in [0.25, 0.3) is 11.0 Å². The molecule has 2 N–H and O–H groups in total. The first-order valence-electron chi connectivity index (χ1n) is 6.59. The number of fused-ring (bicyclic) bond motifs is 1. The lowest BCUT2D eigenvalue weighted by Crippen LogP contribution is -2.20. The van der Waals surface area contributed by atoms with E-state index in [1.54, 1.807) is 0 Å². The molecule has 1 aromatic carbocycles. The number of carboxylic acid groups (broad SMARTS) is 1. The van der Waals surface area contributed by atoms with Gasteiger partial charge >= 0.3 is 5.97 Å². The molecule has 0 fully saturated rings. The van der Waals surface area contributed by atoms with Gasteiger partial charge in [0.2, 0.25) is 0 Å². The third-order valence-corrected chi connectivity index (χ3v) is 3.28. The number of hydrogen-bond acceptors (Lipinski definition) is 2. The Labute approximate surface area is 112 Å². The molecular formula is C15H20N2O2. The van der Waals surface area contributed by atoms with Gasteiger partial charge in [-0.05, 0) is 29.5 Å². The van der Waals surface area contributed by atoms with Crippen LogP contribution in [0.3, 0.4) is 0 Å². The van der Waals surface area contributed by atoms with Crippen molar-refractivity contribution in [1.29, 1.82) is 0 Å². The minimum atomic E-state index is -0.769. The van der Waals surface area contributed by atoms with Gasteiger partial charge in [0, 0.05) is 6.42 Å². The summed E-state index contributed by atoms with van der Waals surface area (Å²) in [6.45, 7) is 6.02. The van der Waals surface area contributed by atoms with Gasteiger partial charge < -0.3 is 10.1 Å². The fourth-order valence-electron chi connectivity index (χ4n) is 2.34. The maximum absolute atomic E-state index is 10.8. The summed E-state index contributed by atoms with van der Waals surface area (Å²) in [7, 11) is 0. The SMILES string of the molecule is CCc1ccc2nc(CC(C)(C)CC(=O)O)[nH]c2c1. The molecular weight excluding hydrogens is 240 g/mol. The molecule has 1 heterocycles. The molecule has 102 valence electrons. The van der Waals surface area contributed by atoms with Crippen LogP contribution in [0.2, 0.25) is 0 Å². The molecule has 0 radical (unpaired) electrons. The van der Waals surface area contributed by atoms with Crippen molar-refractivity contribution in [3.63, 3.8) is 0 Å². The molecule has 0 aliphatic carbocycles. The third-order valence-electron chi connectivity index (χ3n) is 3.28. The molecule has 2 rings (SSSR count). The number of aryl methyl sites for hydroxylation is 1. The van der Waals surface area contributed by atoms with E-state index >= 15 is 0 Å². The maximum Gasteiger partial charge on any atom is 0.303 e. The summed E-state index contributed by atoms with van der Waals surface area (Å²) in [5, 5.41) is 8.90. The molecule has 0 bridgehead atoms. The molecule has 0 spiro atoms. The predicted molar refractivity (Wildman–Crippen MR) is 75.2 cm³/mol. The Morgan fingerprint density at radius 3 is 2.79 bits per heavy atom. The summed E-state index contributed by atoms with van der Waals surface area (Å²) in [6, 6.07) is 6.20. The second-order valence-electron chi connectivity index (χ2n) is 5.80. The Hall–Kier alpha value is -1.84. The quantitative estimate of drug-likeness (QED) is 0.867. The molecule has 2 aromatic rings. The minimum absolute atomic E-state index is 0.143. The number of aliphatic carboxylic acids is 1. The molecule has 0 amide bonds. The number of aromatic nitrogens is 2. The highest BCUT2D eigenvalue weighted by Gasteiger charge is 2.23. The number of aromatic amines is 1. The van der Waals surface area contributed by atoms with Gasteiger partial charge in [-0.15, -0.1) is 0 Å². The van der Waals surface area contributed by atoms with Crippen LogP contribution in [0.5, 0.6) is 0 Å². The first-order valence-corrected chi connectivity index (χ1v) is 6.59. The van der Waals surface area contributed by atoms with Crippen molar-refractivity contribution in [2.45, 2.75) is 40.0 Å². The van der Waals surface area contributed by atoms with Gasteiger partial charge in [-0.25, -0.2) is 4.98 Å². The van der Waals surface area contributed by atoms with E-state index in [0.29, 0.717) is 6.42 Å². The standard InChI is InChI=1S/C15H20N2O2/c1-4-10-5-6-11-12(7-10)17-13(16-11)8-15(2,3)9-14(18)19/h5-7H,4,8-9H2,1-3H3,(H,16,17)(H,18,19). The number of carboxylic acids is 1. The first-order chi connectivity index (χ1) is 8.89. The molecule has 19 heavy (non-hydrogen) atoms. The van der Waals surface area contributed by atoms with Crippen molar-refractivity contribution >= 4 is 17.0 Å². The largest absolute Gasteiger partial charge is 0.481 e. The van der Waals surface area contributed by atoms with Crippen LogP contribution in [0, 0.1) is 5.41 Å². The highest BCUT2D eigenvalue weighted by Crippen LogP contribution is 2.26. The first kappa shape index (κ1) is 13.6. The topological polar surface area (TPSA) is 66.0 Å². The predicted octanol–water partition coefficient (Wildman–Crippen LogP) is 3.17. The number of imidazole rings is 1. The van der Waals surface area contributed by atoms with Gasteiger partial charge in [0.15, 0.2) is 0 Å². The van der Waals surface area contributed by atoms with E-state index in [0.717, 1.165) is 23.3 Å². The van der Waals surface area contributed by atoms with Gasteiger partial charge in [-0.1, -0.05) is 26.8 Å². The van der Waals surface area contributed by atoms with Crippen LogP contribution >= 0.6 is 0 Å². The fraction of sp³-hybridized carbons (Fsp3) is 0.467. The highest BCUT2D eigenvalue weighted by atomic mass is 16.4. The lowest BCUT2D eigenvalue weighted by atomic mass is 9.85. The van der Waals surface area contributed by atoms with Crippen LogP contribution in [-0.2, 0) is 17.6 Å². The second kappa shape index (κ2) is 5.03. The number of rotatable bonds is 5. The monoisotopic (exact) mass is 260 g/mol. The van der Waals surface area contributed by atoms with E-state index in [4.69, 9.17) is 5.11 Å². The molecule has 0 aliphatic heterocycles. The summed E-state index contributed by atoms with van der Waals surface area (Å²) in [4.78, 5) is 18.7. The molecule has 1 aromatic heterocycles. The maximum atomic E-state index is 10.8. The second-order valence-corrected chi connectivity index (χ2v) is 5.80. The lowest BCUT2D eigenvalue weighted by molar-refractivity contribution is -0.139. The minimum Gasteiger partial charge on any atom is -0.481 e. The van der Waals surface area contributed by atoms with Crippen molar-refractivity contribution in [2.24, 2.45) is 5.41 Å². The Bertz CT molecular complexity index is 599. The Kier molecular flexibility index (Phi) is 3.60. The number of benzene rings is 1. The molecule has 0 aliphatic rings. The van der Waals surface area contributed by atoms with Gasteiger partial charge in [0.1, 0.15) is 5.82 Å². The average Bonchev–Trinajstić information content (AvgIpc) is 2.66. The zero-order chi connectivity index (χ0) is 14.0. The van der Waals surface area contributed by atoms with Crippen molar-refractivity contribution in [3.05, 3.63) is 29.6 Å². The number of nitrogens with one attached hydrogen (secondary N) is 1. The van der Waals surface area contributed by atoms with Gasteiger partial charge in [0.05, 0.1) is 17.5 Å². The Morgan fingerprint density at radius 1 is 1.42 bits per heavy atom. The number of H-pyrrole nitrogens is 1. The van der Waals surface area contributed by atoms with Crippen LogP contribution in [0.1, 0.15) is 38.6 Å². The summed E-state index contributed by atoms with van der Waals surface area (Å²) >= 11 is 0. The summed E-state index contributed by atoms with van der Waals surface area (Å²) in [5.74, 6) is 0.0869. The molecule has 0 unspecified atom stereocenters. The number of carbonyl (C=O) groups is 1. The van der Waals surface area contributed by atoms with E-state index in [2.05, 4.69) is 29.0 Å². The summed E-state index contributed by atoms with van der Waals surface area (Å²) in [5.41, 5.74) is 2.94.